The summed E-state index contributed by atoms with van der Waals surface area (Å²) in [5.41, 5.74) is 11.5. The third-order valence-corrected chi connectivity index (χ3v) is 7.41. The number of halogens is 1. The Morgan fingerprint density at radius 2 is 1.68 bits per heavy atom. The lowest BCUT2D eigenvalue weighted by molar-refractivity contribution is 0.0998. The van der Waals surface area contributed by atoms with Crippen molar-refractivity contribution in [3.63, 3.8) is 0 Å². The number of primary amides is 1. The van der Waals surface area contributed by atoms with Crippen molar-refractivity contribution in [3.05, 3.63) is 119 Å². The van der Waals surface area contributed by atoms with Gasteiger partial charge in [0.25, 0.3) is 5.91 Å². The second-order valence-electron chi connectivity index (χ2n) is 9.43. The molecule has 6 rings (SSSR count). The number of para-hydroxylation sites is 1. The van der Waals surface area contributed by atoms with Crippen LogP contribution < -0.4 is 11.1 Å². The summed E-state index contributed by atoms with van der Waals surface area (Å²) in [6.07, 6.45) is 2.61. The Hall–Kier alpha value is -4.49. The molecule has 0 spiro atoms. The van der Waals surface area contributed by atoms with Crippen LogP contribution in [-0.4, -0.2) is 32.5 Å². The molecule has 0 radical (unpaired) electrons. The number of nitrogens with one attached hydrogen (secondary N) is 1. The minimum Gasteiger partial charge on any atom is -0.365 e. The summed E-state index contributed by atoms with van der Waals surface area (Å²) in [7, 11) is 0. The maximum absolute atomic E-state index is 13.3. The van der Waals surface area contributed by atoms with E-state index in [0.717, 1.165) is 28.8 Å². The lowest BCUT2D eigenvalue weighted by Gasteiger charge is -2.28. The van der Waals surface area contributed by atoms with E-state index >= 15 is 0 Å². The average molecular weight is 524 g/mol. The average Bonchev–Trinajstić information content (AvgIpc) is 3.46. The van der Waals surface area contributed by atoms with Crippen LogP contribution >= 0.6 is 11.6 Å². The van der Waals surface area contributed by atoms with Crippen LogP contribution in [0.25, 0.3) is 16.6 Å². The second kappa shape index (κ2) is 9.76. The fourth-order valence-corrected chi connectivity index (χ4v) is 5.65. The van der Waals surface area contributed by atoms with E-state index in [1.54, 1.807) is 4.90 Å². The van der Waals surface area contributed by atoms with E-state index < -0.39 is 5.91 Å². The van der Waals surface area contributed by atoms with Gasteiger partial charge < -0.3 is 25.1 Å². The Balaban J connectivity index is 1.22. The first-order chi connectivity index (χ1) is 18.5. The highest BCUT2D eigenvalue weighted by molar-refractivity contribution is 6.33. The van der Waals surface area contributed by atoms with Crippen LogP contribution in [0.3, 0.4) is 0 Å². The predicted molar refractivity (Wildman–Crippen MR) is 150 cm³/mol. The van der Waals surface area contributed by atoms with Gasteiger partial charge >= 0.3 is 6.03 Å². The molecule has 0 unspecified atom stereocenters. The van der Waals surface area contributed by atoms with Gasteiger partial charge in [-0.15, -0.1) is 0 Å². The fraction of sp³-hybridized carbons (Fsp3) is 0.133. The van der Waals surface area contributed by atoms with Crippen molar-refractivity contribution in [1.82, 2.24) is 14.0 Å². The summed E-state index contributed by atoms with van der Waals surface area (Å²) in [5.74, 6) is -0.603. The van der Waals surface area contributed by atoms with Gasteiger partial charge in [0.1, 0.15) is 5.15 Å². The quantitative estimate of drug-likeness (QED) is 0.304. The van der Waals surface area contributed by atoms with Crippen molar-refractivity contribution in [2.45, 2.75) is 19.5 Å². The molecule has 3 amide bonds. The Morgan fingerprint density at radius 1 is 0.947 bits per heavy atom. The van der Waals surface area contributed by atoms with Crippen molar-refractivity contribution in [3.8, 4) is 5.69 Å². The van der Waals surface area contributed by atoms with Crippen molar-refractivity contribution in [1.29, 1.82) is 0 Å². The number of aromatic nitrogens is 2. The van der Waals surface area contributed by atoms with Crippen LogP contribution in [0.15, 0.2) is 91.1 Å². The highest BCUT2D eigenvalue weighted by Crippen LogP contribution is 2.34. The molecule has 0 atom stereocenters. The zero-order valence-corrected chi connectivity index (χ0v) is 21.4. The number of nitrogens with zero attached hydrogens (tertiary/aromatic N) is 3. The number of carbonyl (C=O) groups excluding carboxylic acids is 2. The molecule has 0 fully saturated rings. The molecule has 38 heavy (non-hydrogen) atoms. The Morgan fingerprint density at radius 3 is 2.42 bits per heavy atom. The Bertz CT molecular complexity index is 1660. The predicted octanol–water partition coefficient (Wildman–Crippen LogP) is 5.82. The summed E-state index contributed by atoms with van der Waals surface area (Å²) in [6, 6.07) is 27.6. The molecule has 2 aromatic heterocycles. The first kappa shape index (κ1) is 23.9. The fourth-order valence-electron chi connectivity index (χ4n) is 5.25. The summed E-state index contributed by atoms with van der Waals surface area (Å²) < 4.78 is 4.05. The molecule has 0 aliphatic carbocycles. The SMILES string of the molecule is NC(=O)c1c2c(n(-c3ccccc3)c1Cl)CCN(C(=O)Nc1ccc3c(ccn3Cc3ccccc3)c1)C2. The van der Waals surface area contributed by atoms with Crippen molar-refractivity contribution >= 4 is 40.1 Å². The number of carbonyl (C=O) groups is 2. The van der Waals surface area contributed by atoms with Crippen molar-refractivity contribution < 1.29 is 9.59 Å². The lowest BCUT2D eigenvalue weighted by Crippen LogP contribution is -2.39. The molecular weight excluding hydrogens is 498 g/mol. The number of hydrogen-bond acceptors (Lipinski definition) is 2. The summed E-state index contributed by atoms with van der Waals surface area (Å²) in [4.78, 5) is 27.3. The maximum Gasteiger partial charge on any atom is 0.322 e. The minimum absolute atomic E-state index is 0.238. The minimum atomic E-state index is -0.603. The van der Waals surface area contributed by atoms with E-state index in [1.807, 2.05) is 71.3 Å². The molecule has 1 aliphatic heterocycles. The third kappa shape index (κ3) is 4.31. The van der Waals surface area contributed by atoms with E-state index in [-0.39, 0.29) is 23.3 Å². The standard InChI is InChI=1S/C30H26ClN5O2/c31-28-27(29(32)37)24-19-35(16-14-26(24)36(28)23-9-5-2-6-10-23)30(38)33-22-11-12-25-21(17-22)13-15-34(25)18-20-7-3-1-4-8-20/h1-13,15,17H,14,16,18-19H2,(H2,32,37)(H,33,38). The van der Waals surface area contributed by atoms with Gasteiger partial charge in [-0.05, 0) is 42.0 Å². The van der Waals surface area contributed by atoms with Gasteiger partial charge in [0.05, 0.1) is 12.1 Å². The molecule has 190 valence electrons. The van der Waals surface area contributed by atoms with Crippen LogP contribution in [0.5, 0.6) is 0 Å². The largest absolute Gasteiger partial charge is 0.365 e. The molecule has 7 nitrogen and oxygen atoms in total. The molecule has 0 saturated carbocycles. The number of anilines is 1. The Kier molecular flexibility index (Phi) is 6.13. The molecule has 0 saturated heterocycles. The molecule has 3 aromatic carbocycles. The molecule has 3 heterocycles. The third-order valence-electron chi connectivity index (χ3n) is 7.06. The molecule has 3 N–H and O–H groups in total. The van der Waals surface area contributed by atoms with Gasteiger partial charge in [-0.25, -0.2) is 4.79 Å². The van der Waals surface area contributed by atoms with E-state index in [4.69, 9.17) is 17.3 Å². The first-order valence-electron chi connectivity index (χ1n) is 12.5. The van der Waals surface area contributed by atoms with Crippen LogP contribution in [0.1, 0.15) is 27.2 Å². The van der Waals surface area contributed by atoms with Crippen molar-refractivity contribution in [2.75, 3.05) is 11.9 Å². The lowest BCUT2D eigenvalue weighted by atomic mass is 10.0. The van der Waals surface area contributed by atoms with E-state index in [0.29, 0.717) is 24.2 Å². The molecular formula is C30H26ClN5O2. The van der Waals surface area contributed by atoms with Gasteiger partial charge in [0.2, 0.25) is 0 Å². The first-order valence-corrected chi connectivity index (χ1v) is 12.8. The van der Waals surface area contributed by atoms with Crippen LogP contribution in [-0.2, 0) is 19.5 Å². The number of hydrogen-bond donors (Lipinski definition) is 2. The zero-order chi connectivity index (χ0) is 26.2. The topological polar surface area (TPSA) is 85.3 Å². The highest BCUT2D eigenvalue weighted by atomic mass is 35.5. The Labute approximate surface area is 225 Å². The second-order valence-corrected chi connectivity index (χ2v) is 9.79. The van der Waals surface area contributed by atoms with Gasteiger partial charge in [-0.2, -0.15) is 0 Å². The molecule has 5 aromatic rings. The molecule has 8 heteroatoms. The van der Waals surface area contributed by atoms with E-state index in [2.05, 4.69) is 34.3 Å². The maximum atomic E-state index is 13.3. The number of urea groups is 1. The zero-order valence-electron chi connectivity index (χ0n) is 20.6. The van der Waals surface area contributed by atoms with Crippen LogP contribution in [0.2, 0.25) is 5.15 Å². The highest BCUT2D eigenvalue weighted by Gasteiger charge is 2.31. The summed E-state index contributed by atoms with van der Waals surface area (Å²) >= 11 is 6.66. The van der Waals surface area contributed by atoms with Crippen LogP contribution in [0, 0.1) is 0 Å². The summed E-state index contributed by atoms with van der Waals surface area (Å²) in [5, 5.41) is 4.34. The van der Waals surface area contributed by atoms with Crippen molar-refractivity contribution in [2.24, 2.45) is 5.73 Å². The van der Waals surface area contributed by atoms with E-state index in [9.17, 15) is 9.59 Å². The number of nitrogens with two attached hydrogens (primary N) is 1. The molecule has 0 bridgehead atoms. The monoisotopic (exact) mass is 523 g/mol. The van der Waals surface area contributed by atoms with Gasteiger partial charge in [-0.3, -0.25) is 4.79 Å². The van der Waals surface area contributed by atoms with Gasteiger partial charge in [0, 0.05) is 59.2 Å². The molecule has 1 aliphatic rings. The number of fused-ring (bicyclic) bond motifs is 2. The van der Waals surface area contributed by atoms with Gasteiger partial charge in [0.15, 0.2) is 0 Å². The van der Waals surface area contributed by atoms with E-state index in [1.165, 1.54) is 5.56 Å². The van der Waals surface area contributed by atoms with Crippen LogP contribution in [0.4, 0.5) is 10.5 Å². The smallest absolute Gasteiger partial charge is 0.322 e. The number of benzene rings is 3. The number of amides is 3. The van der Waals surface area contributed by atoms with Gasteiger partial charge in [-0.1, -0.05) is 60.1 Å². The normalized spacial score (nSPS) is 12.9. The summed E-state index contributed by atoms with van der Waals surface area (Å²) in [6.45, 7) is 1.51. The number of rotatable bonds is 5.